The Hall–Kier alpha value is -3.15. The van der Waals surface area contributed by atoms with Crippen LogP contribution in [0.15, 0.2) is 48.5 Å². The Morgan fingerprint density at radius 1 is 0.963 bits per heavy atom. The standard InChI is InChI=1S/C21H24N2O4/c1-5-27-18(24)16-11-6-7-12-17(16)23-20(26)21(3,4)19(25)22-15-10-8-9-14(2)13-15/h6-13H,5H2,1-4H3,(H,22,25)(H,23,26). The molecule has 0 saturated heterocycles. The number of hydrogen-bond acceptors (Lipinski definition) is 4. The molecule has 2 N–H and O–H groups in total. The Labute approximate surface area is 158 Å². The van der Waals surface area contributed by atoms with Crippen LogP contribution in [0.1, 0.15) is 36.7 Å². The highest BCUT2D eigenvalue weighted by atomic mass is 16.5. The number of aryl methyl sites for hydroxylation is 1. The number of carbonyl (C=O) groups excluding carboxylic acids is 3. The van der Waals surface area contributed by atoms with Gasteiger partial charge in [0, 0.05) is 5.69 Å². The Morgan fingerprint density at radius 2 is 1.63 bits per heavy atom. The van der Waals surface area contributed by atoms with E-state index in [0.717, 1.165) is 5.56 Å². The number of benzene rings is 2. The molecule has 0 radical (unpaired) electrons. The summed E-state index contributed by atoms with van der Waals surface area (Å²) in [7, 11) is 0. The van der Waals surface area contributed by atoms with Crippen LogP contribution >= 0.6 is 0 Å². The first-order chi connectivity index (χ1) is 12.8. The molecule has 2 rings (SSSR count). The average molecular weight is 368 g/mol. The summed E-state index contributed by atoms with van der Waals surface area (Å²) in [4.78, 5) is 37.4. The molecule has 142 valence electrons. The highest BCUT2D eigenvalue weighted by molar-refractivity contribution is 6.15. The van der Waals surface area contributed by atoms with E-state index in [-0.39, 0.29) is 12.2 Å². The van der Waals surface area contributed by atoms with Gasteiger partial charge < -0.3 is 15.4 Å². The third-order valence-corrected chi connectivity index (χ3v) is 4.08. The second kappa shape index (κ2) is 8.49. The molecule has 0 spiro atoms. The van der Waals surface area contributed by atoms with Crippen LogP contribution in [-0.4, -0.2) is 24.4 Å². The van der Waals surface area contributed by atoms with Gasteiger partial charge in [-0.1, -0.05) is 24.3 Å². The lowest BCUT2D eigenvalue weighted by atomic mass is 9.90. The minimum atomic E-state index is -1.36. The Morgan fingerprint density at radius 3 is 2.30 bits per heavy atom. The zero-order chi connectivity index (χ0) is 20.0. The van der Waals surface area contributed by atoms with Crippen LogP contribution in [0.2, 0.25) is 0 Å². The second-order valence-electron chi connectivity index (χ2n) is 6.67. The van der Waals surface area contributed by atoms with E-state index < -0.39 is 23.2 Å². The molecular weight excluding hydrogens is 344 g/mol. The lowest BCUT2D eigenvalue weighted by molar-refractivity contribution is -0.135. The maximum absolute atomic E-state index is 12.7. The van der Waals surface area contributed by atoms with Crippen molar-refractivity contribution in [1.82, 2.24) is 0 Å². The minimum absolute atomic E-state index is 0.228. The first-order valence-electron chi connectivity index (χ1n) is 8.71. The fourth-order valence-electron chi connectivity index (χ4n) is 2.37. The van der Waals surface area contributed by atoms with E-state index in [1.54, 1.807) is 37.3 Å². The number of hydrogen-bond donors (Lipinski definition) is 2. The number of amides is 2. The van der Waals surface area contributed by atoms with Crippen molar-refractivity contribution in [2.75, 3.05) is 17.2 Å². The van der Waals surface area contributed by atoms with Crippen LogP contribution in [0.3, 0.4) is 0 Å². The Kier molecular flexibility index (Phi) is 6.34. The van der Waals surface area contributed by atoms with E-state index in [0.29, 0.717) is 11.4 Å². The van der Waals surface area contributed by atoms with Crippen molar-refractivity contribution < 1.29 is 19.1 Å². The maximum Gasteiger partial charge on any atom is 0.340 e. The Balaban J connectivity index is 2.16. The molecule has 0 aliphatic heterocycles. The van der Waals surface area contributed by atoms with Gasteiger partial charge in [-0.3, -0.25) is 9.59 Å². The Bertz CT molecular complexity index is 859. The van der Waals surface area contributed by atoms with E-state index in [9.17, 15) is 14.4 Å². The highest BCUT2D eigenvalue weighted by Crippen LogP contribution is 2.24. The first kappa shape index (κ1) is 20.2. The molecule has 0 aromatic heterocycles. The maximum atomic E-state index is 12.7. The fraction of sp³-hybridized carbons (Fsp3) is 0.286. The minimum Gasteiger partial charge on any atom is -0.462 e. The molecule has 0 saturated carbocycles. The van der Waals surface area contributed by atoms with Gasteiger partial charge >= 0.3 is 5.97 Å². The lowest BCUT2D eigenvalue weighted by Crippen LogP contribution is -2.41. The van der Waals surface area contributed by atoms with Crippen LogP contribution < -0.4 is 10.6 Å². The van der Waals surface area contributed by atoms with Gasteiger partial charge in [0.1, 0.15) is 5.41 Å². The summed E-state index contributed by atoms with van der Waals surface area (Å²) < 4.78 is 5.00. The van der Waals surface area contributed by atoms with E-state index in [2.05, 4.69) is 10.6 Å². The topological polar surface area (TPSA) is 84.5 Å². The molecule has 0 heterocycles. The molecule has 0 aliphatic carbocycles. The van der Waals surface area contributed by atoms with E-state index >= 15 is 0 Å². The van der Waals surface area contributed by atoms with Crippen LogP contribution in [0.5, 0.6) is 0 Å². The van der Waals surface area contributed by atoms with Crippen molar-refractivity contribution in [1.29, 1.82) is 0 Å². The molecule has 0 atom stereocenters. The van der Waals surface area contributed by atoms with Gasteiger partial charge in [-0.2, -0.15) is 0 Å². The molecule has 0 unspecified atom stereocenters. The van der Waals surface area contributed by atoms with E-state index in [4.69, 9.17) is 4.74 Å². The van der Waals surface area contributed by atoms with Gasteiger partial charge in [-0.15, -0.1) is 0 Å². The number of esters is 1. The summed E-state index contributed by atoms with van der Waals surface area (Å²) in [5.41, 5.74) is 0.803. The predicted molar refractivity (Wildman–Crippen MR) is 105 cm³/mol. The molecular formula is C21H24N2O4. The lowest BCUT2D eigenvalue weighted by Gasteiger charge is -2.23. The number of ether oxygens (including phenoxy) is 1. The summed E-state index contributed by atoms with van der Waals surface area (Å²) in [6.07, 6.45) is 0. The number of rotatable bonds is 6. The van der Waals surface area contributed by atoms with Gasteiger partial charge in [0.05, 0.1) is 17.9 Å². The normalized spacial score (nSPS) is 10.8. The highest BCUT2D eigenvalue weighted by Gasteiger charge is 2.36. The average Bonchev–Trinajstić information content (AvgIpc) is 2.62. The van der Waals surface area contributed by atoms with Gasteiger partial charge in [0.25, 0.3) is 0 Å². The molecule has 2 amide bonds. The summed E-state index contributed by atoms with van der Waals surface area (Å²) in [5.74, 6) is -1.50. The molecule has 27 heavy (non-hydrogen) atoms. The molecule has 0 bridgehead atoms. The molecule has 6 heteroatoms. The number of carbonyl (C=O) groups is 3. The molecule has 0 fully saturated rings. The van der Waals surface area contributed by atoms with Crippen LogP contribution in [0.4, 0.5) is 11.4 Å². The third-order valence-electron chi connectivity index (χ3n) is 4.08. The van der Waals surface area contributed by atoms with Crippen molar-refractivity contribution in [2.45, 2.75) is 27.7 Å². The van der Waals surface area contributed by atoms with E-state index in [1.807, 2.05) is 25.1 Å². The zero-order valence-electron chi connectivity index (χ0n) is 16.0. The van der Waals surface area contributed by atoms with E-state index in [1.165, 1.54) is 13.8 Å². The van der Waals surface area contributed by atoms with Crippen molar-refractivity contribution >= 4 is 29.2 Å². The smallest absolute Gasteiger partial charge is 0.340 e. The second-order valence-corrected chi connectivity index (χ2v) is 6.67. The quantitative estimate of drug-likeness (QED) is 0.600. The largest absolute Gasteiger partial charge is 0.462 e. The van der Waals surface area contributed by atoms with Gasteiger partial charge in [0.15, 0.2) is 0 Å². The third kappa shape index (κ3) is 4.94. The summed E-state index contributed by atoms with van der Waals surface area (Å²) in [6.45, 7) is 6.91. The summed E-state index contributed by atoms with van der Waals surface area (Å²) in [5, 5.41) is 5.42. The van der Waals surface area contributed by atoms with Gasteiger partial charge in [-0.25, -0.2) is 4.79 Å². The molecule has 2 aromatic carbocycles. The SMILES string of the molecule is CCOC(=O)c1ccccc1NC(=O)C(C)(C)C(=O)Nc1cccc(C)c1. The molecule has 0 aliphatic rings. The summed E-state index contributed by atoms with van der Waals surface area (Å²) in [6, 6.07) is 13.9. The van der Waals surface area contributed by atoms with Crippen LogP contribution in [-0.2, 0) is 14.3 Å². The van der Waals surface area contributed by atoms with Crippen LogP contribution in [0, 0.1) is 12.3 Å². The van der Waals surface area contributed by atoms with Gasteiger partial charge in [0.2, 0.25) is 11.8 Å². The predicted octanol–water partition coefficient (Wildman–Crippen LogP) is 3.78. The van der Waals surface area contributed by atoms with Crippen LogP contribution in [0.25, 0.3) is 0 Å². The molecule has 6 nitrogen and oxygen atoms in total. The van der Waals surface area contributed by atoms with Crippen molar-refractivity contribution in [2.24, 2.45) is 5.41 Å². The number of para-hydroxylation sites is 1. The molecule has 2 aromatic rings. The van der Waals surface area contributed by atoms with Crippen molar-refractivity contribution in [3.63, 3.8) is 0 Å². The summed E-state index contributed by atoms with van der Waals surface area (Å²) >= 11 is 0. The zero-order valence-corrected chi connectivity index (χ0v) is 16.0. The van der Waals surface area contributed by atoms with Crippen molar-refractivity contribution in [3.8, 4) is 0 Å². The first-order valence-corrected chi connectivity index (χ1v) is 8.71. The number of anilines is 2. The fourth-order valence-corrected chi connectivity index (χ4v) is 2.37. The monoisotopic (exact) mass is 368 g/mol. The van der Waals surface area contributed by atoms with Crippen molar-refractivity contribution in [3.05, 3.63) is 59.7 Å². The number of nitrogens with one attached hydrogen (secondary N) is 2. The van der Waals surface area contributed by atoms with Gasteiger partial charge in [-0.05, 0) is 57.5 Å².